The number of carbonyl (C=O) groups is 2. The van der Waals surface area contributed by atoms with Gasteiger partial charge in [0, 0.05) is 17.6 Å². The van der Waals surface area contributed by atoms with Crippen molar-refractivity contribution in [3.8, 4) is 0 Å². The van der Waals surface area contributed by atoms with Gasteiger partial charge in [-0.3, -0.25) is 9.59 Å². The summed E-state index contributed by atoms with van der Waals surface area (Å²) in [4.78, 5) is 32.3. The Hall–Kier alpha value is -3.15. The first-order valence-electron chi connectivity index (χ1n) is 10.4. The van der Waals surface area contributed by atoms with Gasteiger partial charge >= 0.3 is 0 Å². The highest BCUT2D eigenvalue weighted by atomic mass is 16.2. The van der Waals surface area contributed by atoms with E-state index in [1.54, 1.807) is 6.07 Å². The van der Waals surface area contributed by atoms with Crippen LogP contribution >= 0.6 is 0 Å². The van der Waals surface area contributed by atoms with Gasteiger partial charge in [-0.25, -0.2) is 4.98 Å². The van der Waals surface area contributed by atoms with Crippen LogP contribution in [0.1, 0.15) is 49.4 Å². The van der Waals surface area contributed by atoms with Gasteiger partial charge in [0.05, 0.1) is 17.6 Å². The molecule has 0 aliphatic carbocycles. The van der Waals surface area contributed by atoms with E-state index in [1.807, 2.05) is 86.6 Å². The summed E-state index contributed by atoms with van der Waals surface area (Å²) in [5.41, 5.74) is 3.26. The van der Waals surface area contributed by atoms with E-state index in [9.17, 15) is 9.59 Å². The zero-order chi connectivity index (χ0) is 21.8. The Kier molecular flexibility index (Phi) is 6.55. The molecule has 2 aromatic carbocycles. The van der Waals surface area contributed by atoms with Gasteiger partial charge in [-0.2, -0.15) is 0 Å². The highest BCUT2D eigenvalue weighted by molar-refractivity contribution is 5.95. The minimum atomic E-state index is -0.149. The van der Waals surface area contributed by atoms with Crippen LogP contribution < -0.4 is 5.32 Å². The van der Waals surface area contributed by atoms with Crippen molar-refractivity contribution < 1.29 is 9.59 Å². The lowest BCUT2D eigenvalue weighted by molar-refractivity contribution is -0.135. The third-order valence-corrected chi connectivity index (χ3v) is 5.22. The van der Waals surface area contributed by atoms with Gasteiger partial charge in [-0.15, -0.1) is 0 Å². The largest absolute Gasteiger partial charge is 0.345 e. The van der Waals surface area contributed by atoms with Gasteiger partial charge in [-0.1, -0.05) is 30.3 Å². The predicted molar refractivity (Wildman–Crippen MR) is 119 cm³/mol. The van der Waals surface area contributed by atoms with Crippen LogP contribution in [0.25, 0.3) is 11.0 Å². The van der Waals surface area contributed by atoms with E-state index in [1.165, 1.54) is 0 Å². The summed E-state index contributed by atoms with van der Waals surface area (Å²) in [7, 11) is 0. The fourth-order valence-corrected chi connectivity index (χ4v) is 3.91. The number of nitrogens with zero attached hydrogens (tertiary/aromatic N) is 3. The Bertz CT molecular complexity index is 1040. The maximum absolute atomic E-state index is 13.1. The molecule has 30 heavy (non-hydrogen) atoms. The number of aryl methyl sites for hydroxylation is 1. The molecule has 0 spiro atoms. The SMILES string of the molecule is Cc1ccccc1C(=O)NCc1nc2ccccc2n1CC(=O)N(C(C)C)C(C)C. The summed E-state index contributed by atoms with van der Waals surface area (Å²) in [5.74, 6) is 0.553. The van der Waals surface area contributed by atoms with E-state index in [4.69, 9.17) is 0 Å². The highest BCUT2D eigenvalue weighted by Crippen LogP contribution is 2.18. The molecule has 1 N–H and O–H groups in total. The Labute approximate surface area is 177 Å². The second-order valence-corrected chi connectivity index (χ2v) is 8.09. The zero-order valence-electron chi connectivity index (χ0n) is 18.3. The van der Waals surface area contributed by atoms with Crippen LogP contribution in [0.3, 0.4) is 0 Å². The van der Waals surface area contributed by atoms with Gasteiger partial charge in [-0.05, 0) is 58.4 Å². The first kappa shape index (κ1) is 21.6. The molecule has 158 valence electrons. The molecular weight excluding hydrogens is 376 g/mol. The number of benzene rings is 2. The molecule has 6 nitrogen and oxygen atoms in total. The molecule has 3 aromatic rings. The molecule has 0 aliphatic rings. The molecule has 0 atom stereocenters. The molecule has 0 aliphatic heterocycles. The van der Waals surface area contributed by atoms with Crippen LogP contribution in [0.4, 0.5) is 0 Å². The van der Waals surface area contributed by atoms with Gasteiger partial charge in [0.25, 0.3) is 5.91 Å². The van der Waals surface area contributed by atoms with Crippen molar-refractivity contribution in [3.05, 3.63) is 65.5 Å². The molecule has 2 amide bonds. The number of fused-ring (bicyclic) bond motifs is 1. The van der Waals surface area contributed by atoms with Crippen molar-refractivity contribution in [2.75, 3.05) is 0 Å². The lowest BCUT2D eigenvalue weighted by Gasteiger charge is -2.31. The summed E-state index contributed by atoms with van der Waals surface area (Å²) in [6.45, 7) is 10.4. The van der Waals surface area contributed by atoms with Crippen LogP contribution in [0, 0.1) is 6.92 Å². The Morgan fingerprint density at radius 2 is 1.63 bits per heavy atom. The average molecular weight is 407 g/mol. The predicted octanol–water partition coefficient (Wildman–Crippen LogP) is 3.92. The van der Waals surface area contributed by atoms with Crippen LogP contribution in [0.15, 0.2) is 48.5 Å². The van der Waals surface area contributed by atoms with Crippen LogP contribution in [-0.4, -0.2) is 38.3 Å². The third kappa shape index (κ3) is 4.53. The summed E-state index contributed by atoms with van der Waals surface area (Å²) in [5, 5.41) is 2.96. The van der Waals surface area contributed by atoms with Gasteiger partial charge < -0.3 is 14.8 Å². The van der Waals surface area contributed by atoms with Gasteiger partial charge in [0.1, 0.15) is 12.4 Å². The Morgan fingerprint density at radius 3 is 2.30 bits per heavy atom. The van der Waals surface area contributed by atoms with Crippen molar-refractivity contribution >= 4 is 22.8 Å². The van der Waals surface area contributed by atoms with Crippen molar-refractivity contribution in [1.82, 2.24) is 19.8 Å². The first-order valence-corrected chi connectivity index (χ1v) is 10.4. The van der Waals surface area contributed by atoms with Crippen molar-refractivity contribution in [2.45, 2.75) is 59.8 Å². The topological polar surface area (TPSA) is 67.2 Å². The number of hydrogen-bond acceptors (Lipinski definition) is 3. The molecule has 6 heteroatoms. The standard InChI is InChI=1S/C24H30N4O2/c1-16(2)28(17(3)4)23(29)15-27-21-13-9-8-12-20(21)26-22(27)14-25-24(30)19-11-7-6-10-18(19)5/h6-13,16-17H,14-15H2,1-5H3,(H,25,30). The number of nitrogens with one attached hydrogen (secondary N) is 1. The molecule has 0 unspecified atom stereocenters. The summed E-state index contributed by atoms with van der Waals surface area (Å²) in [6, 6.07) is 15.4. The smallest absolute Gasteiger partial charge is 0.251 e. The molecule has 1 heterocycles. The van der Waals surface area contributed by atoms with E-state index in [0.717, 1.165) is 16.6 Å². The summed E-state index contributed by atoms with van der Waals surface area (Å²) < 4.78 is 1.91. The highest BCUT2D eigenvalue weighted by Gasteiger charge is 2.22. The van der Waals surface area contributed by atoms with E-state index >= 15 is 0 Å². The minimum absolute atomic E-state index is 0.0367. The van der Waals surface area contributed by atoms with E-state index < -0.39 is 0 Å². The number of para-hydroxylation sites is 2. The Morgan fingerprint density at radius 1 is 1.00 bits per heavy atom. The summed E-state index contributed by atoms with van der Waals surface area (Å²) in [6.07, 6.45) is 0. The van der Waals surface area contributed by atoms with E-state index in [2.05, 4.69) is 10.3 Å². The monoisotopic (exact) mass is 406 g/mol. The number of aromatic nitrogens is 2. The molecule has 0 bridgehead atoms. The third-order valence-electron chi connectivity index (χ3n) is 5.22. The quantitative estimate of drug-likeness (QED) is 0.647. The minimum Gasteiger partial charge on any atom is -0.345 e. The lowest BCUT2D eigenvalue weighted by atomic mass is 10.1. The number of imidazole rings is 1. The number of hydrogen-bond donors (Lipinski definition) is 1. The molecule has 0 fully saturated rings. The second-order valence-electron chi connectivity index (χ2n) is 8.09. The fourth-order valence-electron chi connectivity index (χ4n) is 3.91. The van der Waals surface area contributed by atoms with Crippen LogP contribution in [0.5, 0.6) is 0 Å². The molecule has 0 radical (unpaired) electrons. The molecule has 3 rings (SSSR count). The molecular formula is C24H30N4O2. The van der Waals surface area contributed by atoms with Crippen LogP contribution in [-0.2, 0) is 17.9 Å². The van der Waals surface area contributed by atoms with Crippen LogP contribution in [0.2, 0.25) is 0 Å². The molecule has 0 saturated heterocycles. The maximum atomic E-state index is 13.1. The van der Waals surface area contributed by atoms with Gasteiger partial charge in [0.15, 0.2) is 0 Å². The lowest BCUT2D eigenvalue weighted by Crippen LogP contribution is -2.44. The number of amides is 2. The van der Waals surface area contributed by atoms with Crippen molar-refractivity contribution in [1.29, 1.82) is 0 Å². The van der Waals surface area contributed by atoms with Crippen molar-refractivity contribution in [3.63, 3.8) is 0 Å². The fraction of sp³-hybridized carbons (Fsp3) is 0.375. The molecule has 1 aromatic heterocycles. The maximum Gasteiger partial charge on any atom is 0.251 e. The number of carbonyl (C=O) groups excluding carboxylic acids is 2. The normalized spacial score (nSPS) is 11.3. The molecule has 0 saturated carbocycles. The summed E-state index contributed by atoms with van der Waals surface area (Å²) >= 11 is 0. The second kappa shape index (κ2) is 9.11. The average Bonchev–Trinajstić information content (AvgIpc) is 3.03. The number of rotatable bonds is 7. The van der Waals surface area contributed by atoms with Crippen molar-refractivity contribution in [2.24, 2.45) is 0 Å². The van der Waals surface area contributed by atoms with E-state index in [0.29, 0.717) is 11.4 Å². The van der Waals surface area contributed by atoms with E-state index in [-0.39, 0.29) is 37.0 Å². The first-order chi connectivity index (χ1) is 14.3. The van der Waals surface area contributed by atoms with Gasteiger partial charge in [0.2, 0.25) is 5.91 Å². The Balaban J connectivity index is 1.87. The zero-order valence-corrected chi connectivity index (χ0v) is 18.3.